The number of fused-ring (bicyclic) bond motifs is 1. The van der Waals surface area contributed by atoms with E-state index in [2.05, 4.69) is 0 Å². The number of halogens is 1. The van der Waals surface area contributed by atoms with Gasteiger partial charge in [0.25, 0.3) is 11.8 Å². The van der Waals surface area contributed by atoms with E-state index in [9.17, 15) is 14.4 Å². The summed E-state index contributed by atoms with van der Waals surface area (Å²) in [7, 11) is 0. The lowest BCUT2D eigenvalue weighted by Gasteiger charge is -2.43. The molecule has 5 rings (SSSR count). The molecule has 208 valence electrons. The van der Waals surface area contributed by atoms with E-state index in [-0.39, 0.29) is 36.4 Å². The summed E-state index contributed by atoms with van der Waals surface area (Å²) in [5, 5.41) is 0.599. The van der Waals surface area contributed by atoms with Crippen LogP contribution in [0.5, 0.6) is 5.75 Å². The van der Waals surface area contributed by atoms with Crippen molar-refractivity contribution in [3.05, 3.63) is 88.9 Å². The van der Waals surface area contributed by atoms with Gasteiger partial charge in [-0.25, -0.2) is 0 Å². The first kappa shape index (κ1) is 27.7. The van der Waals surface area contributed by atoms with Crippen LogP contribution in [0.4, 0.5) is 11.4 Å². The Morgan fingerprint density at radius 2 is 1.65 bits per heavy atom. The van der Waals surface area contributed by atoms with E-state index in [1.807, 2.05) is 43.3 Å². The fraction of sp³-hybridized carbons (Fsp3) is 0.323. The number of nitrogens with zero attached hydrogens (tertiary/aromatic N) is 3. The SMILES string of the molecule is CC(=O)N(c1ccc(Cl)cc1)C1CC(C)N(C(=O)c2ccc(OCC(=O)N3CCOCC3)cc2)c2ccccc21. The lowest BCUT2D eigenvalue weighted by Crippen LogP contribution is -2.47. The molecule has 0 radical (unpaired) electrons. The molecule has 40 heavy (non-hydrogen) atoms. The Balaban J connectivity index is 1.34. The molecule has 2 aliphatic heterocycles. The molecule has 2 unspecified atom stereocenters. The molecular formula is C31H32ClN3O5. The monoisotopic (exact) mass is 561 g/mol. The van der Waals surface area contributed by atoms with Gasteiger partial charge in [-0.2, -0.15) is 0 Å². The van der Waals surface area contributed by atoms with Gasteiger partial charge in [-0.15, -0.1) is 0 Å². The predicted molar refractivity (Wildman–Crippen MR) is 154 cm³/mol. The molecule has 8 nitrogen and oxygen atoms in total. The van der Waals surface area contributed by atoms with Crippen LogP contribution in [0, 0.1) is 0 Å². The number of carbonyl (C=O) groups excluding carboxylic acids is 3. The summed E-state index contributed by atoms with van der Waals surface area (Å²) in [5.41, 5.74) is 2.94. The molecule has 0 saturated carbocycles. The molecule has 9 heteroatoms. The van der Waals surface area contributed by atoms with Crippen molar-refractivity contribution < 1.29 is 23.9 Å². The third-order valence-corrected chi connectivity index (χ3v) is 7.61. The van der Waals surface area contributed by atoms with Gasteiger partial charge in [-0.1, -0.05) is 29.8 Å². The lowest BCUT2D eigenvalue weighted by molar-refractivity contribution is -0.137. The quantitative estimate of drug-likeness (QED) is 0.418. The van der Waals surface area contributed by atoms with Crippen LogP contribution in [0.3, 0.4) is 0 Å². The molecule has 3 aromatic rings. The number of amides is 3. The van der Waals surface area contributed by atoms with E-state index in [4.69, 9.17) is 21.1 Å². The highest BCUT2D eigenvalue weighted by molar-refractivity contribution is 6.30. The van der Waals surface area contributed by atoms with E-state index < -0.39 is 0 Å². The van der Waals surface area contributed by atoms with Crippen LogP contribution in [0.25, 0.3) is 0 Å². The Morgan fingerprint density at radius 3 is 2.33 bits per heavy atom. The third-order valence-electron chi connectivity index (χ3n) is 7.36. The molecule has 0 spiro atoms. The minimum absolute atomic E-state index is 0.0640. The van der Waals surface area contributed by atoms with Crippen LogP contribution in [0.2, 0.25) is 5.02 Å². The number of benzene rings is 3. The van der Waals surface area contributed by atoms with Gasteiger partial charge < -0.3 is 24.2 Å². The first-order valence-corrected chi connectivity index (χ1v) is 13.8. The van der Waals surface area contributed by atoms with Gasteiger partial charge in [0, 0.05) is 48.0 Å². The number of carbonyl (C=O) groups is 3. The fourth-order valence-electron chi connectivity index (χ4n) is 5.40. The molecule has 0 N–H and O–H groups in total. The molecular weight excluding hydrogens is 530 g/mol. The second-order valence-corrected chi connectivity index (χ2v) is 10.4. The zero-order valence-electron chi connectivity index (χ0n) is 22.6. The Hall–Kier alpha value is -3.88. The average Bonchev–Trinajstić information content (AvgIpc) is 2.97. The standard InChI is InChI=1S/C31H32ClN3O5/c1-21-19-29(35(22(2)36)25-11-9-24(32)10-12-25)27-5-3-4-6-28(27)34(21)31(38)23-7-13-26(14-8-23)40-20-30(37)33-15-17-39-18-16-33/h3-14,21,29H,15-20H2,1-2H3. The average molecular weight is 562 g/mol. The van der Waals surface area contributed by atoms with Gasteiger partial charge in [-0.05, 0) is 73.5 Å². The van der Waals surface area contributed by atoms with E-state index in [0.717, 1.165) is 16.9 Å². The Labute approximate surface area is 239 Å². The van der Waals surface area contributed by atoms with Crippen molar-refractivity contribution in [1.29, 1.82) is 0 Å². The van der Waals surface area contributed by atoms with Gasteiger partial charge in [-0.3, -0.25) is 14.4 Å². The van der Waals surface area contributed by atoms with Crippen LogP contribution in [0.15, 0.2) is 72.8 Å². The highest BCUT2D eigenvalue weighted by Gasteiger charge is 2.38. The number of para-hydroxylation sites is 1. The number of hydrogen-bond acceptors (Lipinski definition) is 5. The topological polar surface area (TPSA) is 79.4 Å². The Bertz CT molecular complexity index is 1370. The maximum absolute atomic E-state index is 13.8. The lowest BCUT2D eigenvalue weighted by atomic mass is 9.89. The van der Waals surface area contributed by atoms with Gasteiger partial charge >= 0.3 is 0 Å². The summed E-state index contributed by atoms with van der Waals surface area (Å²) in [6.07, 6.45) is 0.565. The maximum atomic E-state index is 13.8. The van der Waals surface area contributed by atoms with Crippen molar-refractivity contribution in [2.24, 2.45) is 0 Å². The molecule has 1 fully saturated rings. The second kappa shape index (κ2) is 12.1. The van der Waals surface area contributed by atoms with Gasteiger partial charge in [0.2, 0.25) is 5.91 Å². The van der Waals surface area contributed by atoms with E-state index in [1.54, 1.807) is 58.0 Å². The third kappa shape index (κ3) is 5.83. The molecule has 3 amide bonds. The first-order chi connectivity index (χ1) is 19.3. The molecule has 2 atom stereocenters. The maximum Gasteiger partial charge on any atom is 0.260 e. The fourth-order valence-corrected chi connectivity index (χ4v) is 5.53. The Morgan fingerprint density at radius 1 is 0.975 bits per heavy atom. The van der Waals surface area contributed by atoms with Crippen molar-refractivity contribution in [3.63, 3.8) is 0 Å². The van der Waals surface area contributed by atoms with Crippen LogP contribution >= 0.6 is 11.6 Å². The van der Waals surface area contributed by atoms with Crippen molar-refractivity contribution in [1.82, 2.24) is 4.90 Å². The largest absolute Gasteiger partial charge is 0.484 e. The van der Waals surface area contributed by atoms with Crippen LogP contribution in [-0.4, -0.2) is 61.6 Å². The van der Waals surface area contributed by atoms with Crippen molar-refractivity contribution in [3.8, 4) is 5.75 Å². The zero-order chi connectivity index (χ0) is 28.2. The molecule has 1 saturated heterocycles. The summed E-state index contributed by atoms with van der Waals surface area (Å²) >= 11 is 6.09. The van der Waals surface area contributed by atoms with Crippen molar-refractivity contribution in [2.75, 3.05) is 42.7 Å². The molecule has 2 aliphatic rings. The summed E-state index contributed by atoms with van der Waals surface area (Å²) in [5.74, 6) is 0.201. The van der Waals surface area contributed by atoms with Crippen LogP contribution in [-0.2, 0) is 14.3 Å². The van der Waals surface area contributed by atoms with Gasteiger partial charge in [0.1, 0.15) is 5.75 Å². The molecule has 0 aliphatic carbocycles. The number of morpholine rings is 1. The van der Waals surface area contributed by atoms with E-state index in [0.29, 0.717) is 49.1 Å². The summed E-state index contributed by atoms with van der Waals surface area (Å²) < 4.78 is 11.0. The molecule has 0 aromatic heterocycles. The van der Waals surface area contributed by atoms with Crippen molar-refractivity contribution in [2.45, 2.75) is 32.4 Å². The highest BCUT2D eigenvalue weighted by atomic mass is 35.5. The summed E-state index contributed by atoms with van der Waals surface area (Å²) in [6.45, 7) is 5.69. The predicted octanol–water partition coefficient (Wildman–Crippen LogP) is 5.11. The second-order valence-electron chi connectivity index (χ2n) is 10.0. The molecule has 0 bridgehead atoms. The smallest absolute Gasteiger partial charge is 0.260 e. The van der Waals surface area contributed by atoms with Gasteiger partial charge in [0.15, 0.2) is 6.61 Å². The minimum Gasteiger partial charge on any atom is -0.484 e. The first-order valence-electron chi connectivity index (χ1n) is 13.4. The molecule has 3 aromatic carbocycles. The zero-order valence-corrected chi connectivity index (χ0v) is 23.3. The van der Waals surface area contributed by atoms with Crippen LogP contribution < -0.4 is 14.5 Å². The summed E-state index contributed by atoms with van der Waals surface area (Å²) in [6, 6.07) is 21.4. The Kier molecular flexibility index (Phi) is 8.38. The number of hydrogen-bond donors (Lipinski definition) is 0. The molecule has 2 heterocycles. The van der Waals surface area contributed by atoms with Gasteiger partial charge in [0.05, 0.1) is 19.3 Å². The van der Waals surface area contributed by atoms with E-state index in [1.165, 1.54) is 0 Å². The number of rotatable bonds is 6. The normalized spacial score (nSPS) is 18.6. The van der Waals surface area contributed by atoms with Crippen LogP contribution in [0.1, 0.15) is 42.2 Å². The number of anilines is 2. The summed E-state index contributed by atoms with van der Waals surface area (Å²) in [4.78, 5) is 44.3. The number of ether oxygens (including phenoxy) is 2. The minimum atomic E-state index is -0.242. The highest BCUT2D eigenvalue weighted by Crippen LogP contribution is 2.43. The van der Waals surface area contributed by atoms with E-state index >= 15 is 0 Å². The van der Waals surface area contributed by atoms with Crippen molar-refractivity contribution >= 4 is 40.7 Å².